The van der Waals surface area contributed by atoms with E-state index in [-0.39, 0.29) is 6.04 Å². The van der Waals surface area contributed by atoms with Crippen molar-refractivity contribution in [2.75, 3.05) is 13.1 Å². The van der Waals surface area contributed by atoms with Crippen LogP contribution >= 0.6 is 0 Å². The molecule has 1 aliphatic heterocycles. The third-order valence-corrected chi connectivity index (χ3v) is 4.90. The highest BCUT2D eigenvalue weighted by Crippen LogP contribution is 2.47. The fraction of sp³-hybridized carbons (Fsp3) is 0.941. The van der Waals surface area contributed by atoms with E-state index >= 15 is 0 Å². The second-order valence-corrected chi connectivity index (χ2v) is 8.35. The first-order chi connectivity index (χ1) is 9.24. The summed E-state index contributed by atoms with van der Waals surface area (Å²) in [4.78, 5) is 14.9. The molecular formula is C17H32N2O. The monoisotopic (exact) mass is 280 g/mol. The van der Waals surface area contributed by atoms with Crippen LogP contribution < -0.4 is 5.32 Å². The van der Waals surface area contributed by atoms with Crippen molar-refractivity contribution < 1.29 is 4.79 Å². The lowest BCUT2D eigenvalue weighted by Crippen LogP contribution is -2.57. The summed E-state index contributed by atoms with van der Waals surface area (Å²) in [6, 6.07) is 0.490. The number of carbonyl (C=O) groups excluding carboxylic acids is 1. The number of nitrogens with one attached hydrogen (secondary N) is 1. The van der Waals surface area contributed by atoms with E-state index in [1.54, 1.807) is 0 Å². The molecule has 2 aliphatic rings. The Labute approximate surface area is 124 Å². The lowest BCUT2D eigenvalue weighted by Gasteiger charge is -2.50. The van der Waals surface area contributed by atoms with Crippen molar-refractivity contribution in [2.45, 2.75) is 78.8 Å². The smallest absolute Gasteiger partial charge is 0.239 e. The Balaban J connectivity index is 2.11. The van der Waals surface area contributed by atoms with E-state index in [0.717, 1.165) is 38.8 Å². The molecular weight excluding hydrogens is 248 g/mol. The first-order valence-corrected chi connectivity index (χ1v) is 8.28. The van der Waals surface area contributed by atoms with Crippen LogP contribution in [-0.2, 0) is 4.79 Å². The van der Waals surface area contributed by atoms with Gasteiger partial charge in [0.05, 0.1) is 6.04 Å². The number of rotatable bonds is 3. The molecule has 3 heteroatoms. The predicted molar refractivity (Wildman–Crippen MR) is 83.6 cm³/mol. The van der Waals surface area contributed by atoms with Crippen LogP contribution in [0.5, 0.6) is 0 Å². The highest BCUT2D eigenvalue weighted by atomic mass is 16.2. The highest BCUT2D eigenvalue weighted by Gasteiger charge is 2.43. The SMILES string of the molecule is CCNC1CCCN(C2CC(C)(C)CC(C)(C)C2)C1=O. The van der Waals surface area contributed by atoms with Crippen molar-refractivity contribution in [3.05, 3.63) is 0 Å². The standard InChI is InChI=1S/C17H32N2O/c1-6-18-14-8-7-9-19(15(14)20)13-10-16(2,3)12-17(4,5)11-13/h13-14,18H,6-12H2,1-5H3. The van der Waals surface area contributed by atoms with Crippen LogP contribution in [0.25, 0.3) is 0 Å². The Kier molecular flexibility index (Phi) is 4.48. The molecule has 20 heavy (non-hydrogen) atoms. The highest BCUT2D eigenvalue weighted by molar-refractivity contribution is 5.83. The molecule has 2 rings (SSSR count). The number of amides is 1. The van der Waals surface area contributed by atoms with Crippen molar-refractivity contribution in [2.24, 2.45) is 10.8 Å². The van der Waals surface area contributed by atoms with Crippen LogP contribution in [0.2, 0.25) is 0 Å². The Bertz CT molecular complexity index is 344. The summed E-state index contributed by atoms with van der Waals surface area (Å²) in [5, 5.41) is 3.35. The van der Waals surface area contributed by atoms with Crippen LogP contribution in [0, 0.1) is 10.8 Å². The summed E-state index contributed by atoms with van der Waals surface area (Å²) in [5.74, 6) is 0.344. The zero-order chi connectivity index (χ0) is 15.0. The molecule has 1 aliphatic carbocycles. The van der Waals surface area contributed by atoms with Gasteiger partial charge in [0.15, 0.2) is 0 Å². The molecule has 1 amide bonds. The number of likely N-dealkylation sites (N-methyl/N-ethyl adjacent to an activating group) is 1. The van der Waals surface area contributed by atoms with E-state index in [1.807, 2.05) is 0 Å². The number of carbonyl (C=O) groups is 1. The summed E-state index contributed by atoms with van der Waals surface area (Å²) in [6.07, 6.45) is 5.71. The van der Waals surface area contributed by atoms with Crippen molar-refractivity contribution in [3.8, 4) is 0 Å². The first kappa shape index (κ1) is 15.8. The number of hydrogen-bond donors (Lipinski definition) is 1. The molecule has 116 valence electrons. The van der Waals surface area contributed by atoms with E-state index in [2.05, 4.69) is 44.8 Å². The summed E-state index contributed by atoms with van der Waals surface area (Å²) in [7, 11) is 0. The molecule has 1 saturated heterocycles. The maximum Gasteiger partial charge on any atom is 0.239 e. The van der Waals surface area contributed by atoms with Crippen molar-refractivity contribution >= 4 is 5.91 Å². The third-order valence-electron chi connectivity index (χ3n) is 4.90. The van der Waals surface area contributed by atoms with Crippen LogP contribution in [0.3, 0.4) is 0 Å². The van der Waals surface area contributed by atoms with E-state index < -0.39 is 0 Å². The van der Waals surface area contributed by atoms with Gasteiger partial charge in [-0.2, -0.15) is 0 Å². The Morgan fingerprint density at radius 1 is 1.20 bits per heavy atom. The number of nitrogens with zero attached hydrogens (tertiary/aromatic N) is 1. The van der Waals surface area contributed by atoms with Crippen molar-refractivity contribution in [1.82, 2.24) is 10.2 Å². The summed E-state index contributed by atoms with van der Waals surface area (Å²) >= 11 is 0. The lowest BCUT2D eigenvalue weighted by molar-refractivity contribution is -0.141. The topological polar surface area (TPSA) is 32.3 Å². The molecule has 2 fully saturated rings. The van der Waals surface area contributed by atoms with Gasteiger partial charge in [-0.3, -0.25) is 4.79 Å². The predicted octanol–water partition coefficient (Wildman–Crippen LogP) is 3.19. The Morgan fingerprint density at radius 2 is 1.80 bits per heavy atom. The maximum absolute atomic E-state index is 12.7. The number of hydrogen-bond acceptors (Lipinski definition) is 2. The quantitative estimate of drug-likeness (QED) is 0.861. The van der Waals surface area contributed by atoms with Gasteiger partial charge in [0.1, 0.15) is 0 Å². The van der Waals surface area contributed by atoms with Gasteiger partial charge in [-0.25, -0.2) is 0 Å². The average Bonchev–Trinajstić information content (AvgIpc) is 2.28. The molecule has 1 atom stereocenters. The second-order valence-electron chi connectivity index (χ2n) is 8.35. The summed E-state index contributed by atoms with van der Waals surface area (Å²) in [6.45, 7) is 13.4. The normalized spacial score (nSPS) is 30.6. The molecule has 0 aromatic heterocycles. The largest absolute Gasteiger partial charge is 0.338 e. The van der Waals surface area contributed by atoms with Crippen molar-refractivity contribution in [1.29, 1.82) is 0 Å². The van der Waals surface area contributed by atoms with Crippen molar-refractivity contribution in [3.63, 3.8) is 0 Å². The summed E-state index contributed by atoms with van der Waals surface area (Å²) < 4.78 is 0. The minimum Gasteiger partial charge on any atom is -0.338 e. The van der Waals surface area contributed by atoms with Crippen LogP contribution in [0.4, 0.5) is 0 Å². The number of likely N-dealkylation sites (tertiary alicyclic amines) is 1. The molecule has 1 N–H and O–H groups in total. The van der Waals surface area contributed by atoms with Gasteiger partial charge in [-0.15, -0.1) is 0 Å². The third kappa shape index (κ3) is 3.55. The zero-order valence-electron chi connectivity index (χ0n) is 14.0. The molecule has 1 heterocycles. The molecule has 0 aromatic carbocycles. The zero-order valence-corrected chi connectivity index (χ0v) is 14.0. The lowest BCUT2D eigenvalue weighted by atomic mass is 9.63. The Morgan fingerprint density at radius 3 is 2.35 bits per heavy atom. The van der Waals surface area contributed by atoms with E-state index in [0.29, 0.717) is 22.8 Å². The first-order valence-electron chi connectivity index (χ1n) is 8.28. The van der Waals surface area contributed by atoms with E-state index in [4.69, 9.17) is 0 Å². The van der Waals surface area contributed by atoms with E-state index in [9.17, 15) is 4.79 Å². The molecule has 0 radical (unpaired) electrons. The van der Waals surface area contributed by atoms with Crippen LogP contribution in [0.15, 0.2) is 0 Å². The molecule has 0 aromatic rings. The second kappa shape index (κ2) is 5.67. The van der Waals surface area contributed by atoms with Gasteiger partial charge in [-0.1, -0.05) is 34.6 Å². The Hall–Kier alpha value is -0.570. The molecule has 1 unspecified atom stereocenters. The fourth-order valence-electron chi connectivity index (χ4n) is 4.71. The minimum atomic E-state index is 0.0573. The summed E-state index contributed by atoms with van der Waals surface area (Å²) in [5.41, 5.74) is 0.690. The number of piperidine rings is 1. The fourth-order valence-corrected chi connectivity index (χ4v) is 4.71. The van der Waals surface area contributed by atoms with Gasteiger partial charge >= 0.3 is 0 Å². The minimum absolute atomic E-state index is 0.0573. The van der Waals surface area contributed by atoms with Gasteiger partial charge in [0.2, 0.25) is 5.91 Å². The van der Waals surface area contributed by atoms with Gasteiger partial charge in [0, 0.05) is 12.6 Å². The van der Waals surface area contributed by atoms with Gasteiger partial charge < -0.3 is 10.2 Å². The molecule has 0 spiro atoms. The molecule has 0 bridgehead atoms. The van der Waals surface area contributed by atoms with Crippen LogP contribution in [0.1, 0.15) is 66.7 Å². The van der Waals surface area contributed by atoms with Gasteiger partial charge in [0.25, 0.3) is 0 Å². The van der Waals surface area contributed by atoms with Gasteiger partial charge in [-0.05, 0) is 49.5 Å². The van der Waals surface area contributed by atoms with Crippen LogP contribution in [-0.4, -0.2) is 36.0 Å². The maximum atomic E-state index is 12.7. The molecule has 3 nitrogen and oxygen atoms in total. The average molecular weight is 280 g/mol. The van der Waals surface area contributed by atoms with E-state index in [1.165, 1.54) is 6.42 Å². The molecule has 1 saturated carbocycles.